The number of rotatable bonds is 4. The maximum Gasteiger partial charge on any atom is 0.396 e. The van der Waals surface area contributed by atoms with Crippen LogP contribution in [0.25, 0.3) is 10.3 Å². The van der Waals surface area contributed by atoms with Crippen molar-refractivity contribution in [3.63, 3.8) is 0 Å². The fourth-order valence-electron chi connectivity index (χ4n) is 1.92. The number of ether oxygens (including phenoxy) is 1. The summed E-state index contributed by atoms with van der Waals surface area (Å²) >= 11 is 0.973. The summed E-state index contributed by atoms with van der Waals surface area (Å²) in [6, 6.07) is 6.69. The van der Waals surface area contributed by atoms with Gasteiger partial charge in [-0.25, -0.2) is 10.2 Å². The van der Waals surface area contributed by atoms with Crippen LogP contribution < -0.4 is 15.1 Å². The molecule has 2 aromatic heterocycles. The monoisotopic (exact) mass is 329 g/mol. The molecule has 0 atom stereocenters. The molecule has 0 spiro atoms. The lowest BCUT2D eigenvalue weighted by Crippen LogP contribution is -2.17. The van der Waals surface area contributed by atoms with Crippen LogP contribution in [0.4, 0.5) is 0 Å². The van der Waals surface area contributed by atoms with Gasteiger partial charge in [0.15, 0.2) is 11.3 Å². The summed E-state index contributed by atoms with van der Waals surface area (Å²) in [6.07, 6.45) is 4.49. The lowest BCUT2D eigenvalue weighted by molar-refractivity contribution is 0.0955. The van der Waals surface area contributed by atoms with Crippen LogP contribution in [0.15, 0.2) is 51.0 Å². The molecule has 1 N–H and O–H groups in total. The average molecular weight is 329 g/mol. The van der Waals surface area contributed by atoms with Crippen molar-refractivity contribution in [2.24, 2.45) is 5.10 Å². The summed E-state index contributed by atoms with van der Waals surface area (Å²) in [7, 11) is 1.48. The fraction of sp³-hybridized carbons (Fsp3) is 0.0667. The number of benzene rings is 1. The van der Waals surface area contributed by atoms with Crippen LogP contribution >= 0.6 is 11.3 Å². The second-order valence-electron chi connectivity index (χ2n) is 4.45. The average Bonchev–Trinajstić information content (AvgIpc) is 2.95. The predicted octanol–water partition coefficient (Wildman–Crippen LogP) is 2.02. The van der Waals surface area contributed by atoms with E-state index in [1.165, 1.54) is 19.5 Å². The van der Waals surface area contributed by atoms with E-state index < -0.39 is 4.94 Å². The highest BCUT2D eigenvalue weighted by molar-refractivity contribution is 7.16. The molecule has 3 aromatic rings. The number of amides is 1. The van der Waals surface area contributed by atoms with Crippen molar-refractivity contribution in [1.82, 2.24) is 10.4 Å². The number of hydrogen-bond acceptors (Lipinski definition) is 7. The lowest BCUT2D eigenvalue weighted by Gasteiger charge is -2.02. The first-order chi connectivity index (χ1) is 11.2. The molecule has 23 heavy (non-hydrogen) atoms. The Morgan fingerprint density at radius 1 is 1.48 bits per heavy atom. The van der Waals surface area contributed by atoms with Crippen LogP contribution in [-0.2, 0) is 0 Å². The van der Waals surface area contributed by atoms with E-state index >= 15 is 0 Å². The number of methoxy groups -OCH3 is 1. The molecule has 1 amide bonds. The van der Waals surface area contributed by atoms with E-state index in [-0.39, 0.29) is 5.91 Å². The molecule has 3 rings (SSSR count). The molecule has 0 bridgehead atoms. The van der Waals surface area contributed by atoms with Gasteiger partial charge in [0, 0.05) is 12.4 Å². The molecule has 0 aliphatic rings. The number of fused-ring (bicyclic) bond motifs is 1. The smallest absolute Gasteiger partial charge is 0.396 e. The minimum atomic E-state index is -0.405. The fourth-order valence-corrected chi connectivity index (χ4v) is 2.66. The number of nitrogens with zero attached hydrogens (tertiary/aromatic N) is 2. The maximum absolute atomic E-state index is 11.8. The summed E-state index contributed by atoms with van der Waals surface area (Å²) in [5.41, 5.74) is 3.88. The zero-order chi connectivity index (χ0) is 16.2. The third-order valence-corrected chi connectivity index (χ3v) is 3.72. The summed E-state index contributed by atoms with van der Waals surface area (Å²) in [5.74, 6) is 0.0660. The summed E-state index contributed by atoms with van der Waals surface area (Å²) in [4.78, 5) is 26.6. The van der Waals surface area contributed by atoms with Gasteiger partial charge in [0.1, 0.15) is 0 Å². The summed E-state index contributed by atoms with van der Waals surface area (Å²) in [5, 5.41) is 3.89. The van der Waals surface area contributed by atoms with Gasteiger partial charge in [-0.1, -0.05) is 11.3 Å². The van der Waals surface area contributed by atoms with E-state index in [0.29, 0.717) is 27.2 Å². The molecule has 0 radical (unpaired) electrons. The number of nitrogens with one attached hydrogen (secondary N) is 1. The van der Waals surface area contributed by atoms with Crippen molar-refractivity contribution in [3.8, 4) is 5.75 Å². The first-order valence-corrected chi connectivity index (χ1v) is 7.34. The lowest BCUT2D eigenvalue weighted by atomic mass is 10.2. The van der Waals surface area contributed by atoms with Gasteiger partial charge in [0.2, 0.25) is 0 Å². The van der Waals surface area contributed by atoms with Crippen molar-refractivity contribution < 1.29 is 13.9 Å². The maximum atomic E-state index is 11.8. The predicted molar refractivity (Wildman–Crippen MR) is 86.2 cm³/mol. The Kier molecular flexibility index (Phi) is 4.15. The molecule has 0 fully saturated rings. The molecule has 1 aromatic carbocycles. The zero-order valence-electron chi connectivity index (χ0n) is 12.0. The Labute approximate surface area is 134 Å². The number of hydrazone groups is 1. The molecule has 0 saturated carbocycles. The SMILES string of the molecule is COc1cc(C=NNC(=O)c2cccnc2)cc2sc(=O)oc12. The first kappa shape index (κ1) is 14.9. The molecular formula is C15H11N3O4S. The third-order valence-electron chi connectivity index (χ3n) is 2.95. The Morgan fingerprint density at radius 3 is 3.09 bits per heavy atom. The second kappa shape index (κ2) is 6.41. The molecule has 7 nitrogen and oxygen atoms in total. The van der Waals surface area contributed by atoms with Crippen molar-refractivity contribution in [2.45, 2.75) is 0 Å². The number of carbonyl (C=O) groups is 1. The van der Waals surface area contributed by atoms with E-state index in [0.717, 1.165) is 11.3 Å². The molecule has 0 aliphatic carbocycles. The zero-order valence-corrected chi connectivity index (χ0v) is 12.8. The van der Waals surface area contributed by atoms with Gasteiger partial charge in [0.05, 0.1) is 23.6 Å². The number of pyridine rings is 1. The number of hydrogen-bond donors (Lipinski definition) is 1. The van der Waals surface area contributed by atoms with Gasteiger partial charge in [-0.05, 0) is 29.8 Å². The minimum Gasteiger partial charge on any atom is -0.493 e. The van der Waals surface area contributed by atoms with Crippen molar-refractivity contribution in [2.75, 3.05) is 7.11 Å². The summed E-state index contributed by atoms with van der Waals surface area (Å²) in [6.45, 7) is 0. The highest BCUT2D eigenvalue weighted by Gasteiger charge is 2.10. The highest BCUT2D eigenvalue weighted by atomic mass is 32.1. The highest BCUT2D eigenvalue weighted by Crippen LogP contribution is 2.28. The normalized spacial score (nSPS) is 11.0. The van der Waals surface area contributed by atoms with E-state index in [4.69, 9.17) is 9.15 Å². The van der Waals surface area contributed by atoms with Crippen molar-refractivity contribution in [1.29, 1.82) is 0 Å². The standard InChI is InChI=1S/C15H11N3O4S/c1-21-11-5-9(6-12-13(11)22-15(20)23-12)7-17-18-14(19)10-3-2-4-16-8-10/h2-8H,1H3,(H,18,19). The molecule has 8 heteroatoms. The Balaban J connectivity index is 1.81. The molecule has 116 valence electrons. The Morgan fingerprint density at radius 2 is 2.35 bits per heavy atom. The Bertz CT molecular complexity index is 931. The van der Waals surface area contributed by atoms with Gasteiger partial charge in [0.25, 0.3) is 5.91 Å². The van der Waals surface area contributed by atoms with Crippen LogP contribution in [0.1, 0.15) is 15.9 Å². The van der Waals surface area contributed by atoms with Gasteiger partial charge in [-0.15, -0.1) is 0 Å². The van der Waals surface area contributed by atoms with E-state index in [1.54, 1.807) is 30.5 Å². The topological polar surface area (TPSA) is 93.8 Å². The molecule has 0 aliphatic heterocycles. The summed E-state index contributed by atoms with van der Waals surface area (Å²) < 4.78 is 10.9. The Hall–Kier alpha value is -3.00. The van der Waals surface area contributed by atoms with Crippen LogP contribution in [0, 0.1) is 0 Å². The molecule has 2 heterocycles. The molecule has 0 saturated heterocycles. The van der Waals surface area contributed by atoms with Gasteiger partial charge >= 0.3 is 4.94 Å². The van der Waals surface area contributed by atoms with Gasteiger partial charge < -0.3 is 9.15 Å². The van der Waals surface area contributed by atoms with E-state index in [2.05, 4.69) is 15.5 Å². The quantitative estimate of drug-likeness (QED) is 0.584. The van der Waals surface area contributed by atoms with Crippen molar-refractivity contribution >= 4 is 33.7 Å². The minimum absolute atomic E-state index is 0.365. The number of aromatic nitrogens is 1. The van der Waals surface area contributed by atoms with Gasteiger partial charge in [-0.2, -0.15) is 5.10 Å². The van der Waals surface area contributed by atoms with Crippen LogP contribution in [0.5, 0.6) is 5.75 Å². The van der Waals surface area contributed by atoms with Crippen molar-refractivity contribution in [3.05, 3.63) is 57.5 Å². The van der Waals surface area contributed by atoms with E-state index in [9.17, 15) is 9.59 Å². The third kappa shape index (κ3) is 3.27. The van der Waals surface area contributed by atoms with E-state index in [1.807, 2.05) is 0 Å². The second-order valence-corrected chi connectivity index (χ2v) is 5.42. The van der Waals surface area contributed by atoms with Crippen LogP contribution in [-0.4, -0.2) is 24.2 Å². The molecular weight excluding hydrogens is 318 g/mol. The number of carbonyl (C=O) groups excluding carboxylic acids is 1. The first-order valence-electron chi connectivity index (χ1n) is 6.52. The largest absolute Gasteiger partial charge is 0.493 e. The van der Waals surface area contributed by atoms with Crippen LogP contribution in [0.2, 0.25) is 0 Å². The molecule has 0 unspecified atom stereocenters. The van der Waals surface area contributed by atoms with Crippen LogP contribution in [0.3, 0.4) is 0 Å². The van der Waals surface area contributed by atoms with Gasteiger partial charge in [-0.3, -0.25) is 9.78 Å².